The fourth-order valence-electron chi connectivity index (χ4n) is 3.09. The molecule has 19 heavy (non-hydrogen) atoms. The molecule has 1 aliphatic carbocycles. The zero-order chi connectivity index (χ0) is 13.8. The molecule has 1 aromatic rings. The van der Waals surface area contributed by atoms with E-state index in [9.17, 15) is 0 Å². The predicted octanol–water partition coefficient (Wildman–Crippen LogP) is 5.61. The van der Waals surface area contributed by atoms with E-state index < -0.39 is 0 Å². The number of hydrogen-bond acceptors (Lipinski definition) is 1. The molecule has 1 N–H and O–H groups in total. The topological polar surface area (TPSA) is 12.0 Å². The SMILES string of the molecule is CCC(N[C@@H](C)C1CCCC1)c1ccc(Cl)c(Cl)c1. The first kappa shape index (κ1) is 15.2. The first-order valence-corrected chi connectivity index (χ1v) is 8.08. The van der Waals surface area contributed by atoms with Gasteiger partial charge in [0, 0.05) is 12.1 Å². The molecule has 1 saturated carbocycles. The van der Waals surface area contributed by atoms with Crippen LogP contribution in [0.4, 0.5) is 0 Å². The Labute approximate surface area is 126 Å². The van der Waals surface area contributed by atoms with Crippen molar-refractivity contribution in [2.75, 3.05) is 0 Å². The van der Waals surface area contributed by atoms with Crippen LogP contribution >= 0.6 is 23.2 Å². The van der Waals surface area contributed by atoms with Crippen molar-refractivity contribution in [3.63, 3.8) is 0 Å². The molecule has 3 heteroatoms. The van der Waals surface area contributed by atoms with Crippen LogP contribution in [-0.4, -0.2) is 6.04 Å². The molecule has 0 saturated heterocycles. The van der Waals surface area contributed by atoms with Gasteiger partial charge in [0.05, 0.1) is 10.0 Å². The van der Waals surface area contributed by atoms with Crippen LogP contribution in [-0.2, 0) is 0 Å². The average molecular weight is 300 g/mol. The molecule has 0 aliphatic heterocycles. The van der Waals surface area contributed by atoms with E-state index in [4.69, 9.17) is 23.2 Å². The van der Waals surface area contributed by atoms with Gasteiger partial charge in [-0.3, -0.25) is 0 Å². The number of rotatable bonds is 5. The van der Waals surface area contributed by atoms with Crippen LogP contribution in [0.15, 0.2) is 18.2 Å². The fourth-order valence-corrected chi connectivity index (χ4v) is 3.40. The third-order valence-corrected chi connectivity index (χ3v) is 5.06. The average Bonchev–Trinajstić information content (AvgIpc) is 2.93. The summed E-state index contributed by atoms with van der Waals surface area (Å²) in [6, 6.07) is 6.90. The van der Waals surface area contributed by atoms with E-state index in [-0.39, 0.29) is 0 Å². The lowest BCUT2D eigenvalue weighted by Gasteiger charge is -2.27. The quantitative estimate of drug-likeness (QED) is 0.745. The molecule has 1 unspecified atom stereocenters. The summed E-state index contributed by atoms with van der Waals surface area (Å²) >= 11 is 12.1. The van der Waals surface area contributed by atoms with Crippen LogP contribution in [0.25, 0.3) is 0 Å². The van der Waals surface area contributed by atoms with Crippen molar-refractivity contribution in [3.8, 4) is 0 Å². The van der Waals surface area contributed by atoms with Gasteiger partial charge in [-0.15, -0.1) is 0 Å². The van der Waals surface area contributed by atoms with Gasteiger partial charge in [-0.25, -0.2) is 0 Å². The Balaban J connectivity index is 2.04. The number of benzene rings is 1. The van der Waals surface area contributed by atoms with Gasteiger partial charge < -0.3 is 5.32 Å². The first-order chi connectivity index (χ1) is 9.11. The van der Waals surface area contributed by atoms with Crippen LogP contribution in [0.3, 0.4) is 0 Å². The number of halogens is 2. The molecule has 0 aromatic heterocycles. The van der Waals surface area contributed by atoms with E-state index in [1.54, 1.807) is 0 Å². The molecule has 1 nitrogen and oxygen atoms in total. The van der Waals surface area contributed by atoms with E-state index in [0.717, 1.165) is 12.3 Å². The molecule has 2 rings (SSSR count). The molecule has 0 bridgehead atoms. The highest BCUT2D eigenvalue weighted by molar-refractivity contribution is 6.42. The van der Waals surface area contributed by atoms with Gasteiger partial charge in [0.1, 0.15) is 0 Å². The summed E-state index contributed by atoms with van der Waals surface area (Å²) in [7, 11) is 0. The van der Waals surface area contributed by atoms with Gasteiger partial charge in [-0.2, -0.15) is 0 Å². The zero-order valence-electron chi connectivity index (χ0n) is 11.8. The maximum absolute atomic E-state index is 6.12. The third kappa shape index (κ3) is 3.87. The lowest BCUT2D eigenvalue weighted by atomic mass is 9.96. The molecule has 0 amide bonds. The van der Waals surface area contributed by atoms with Gasteiger partial charge in [0.15, 0.2) is 0 Å². The van der Waals surface area contributed by atoms with Gasteiger partial charge in [0.2, 0.25) is 0 Å². The molecule has 0 heterocycles. The minimum absolute atomic E-state index is 0.366. The molecular formula is C16H23Cl2N. The van der Waals surface area contributed by atoms with Crippen LogP contribution in [0.5, 0.6) is 0 Å². The molecular weight excluding hydrogens is 277 g/mol. The van der Waals surface area contributed by atoms with E-state index in [1.165, 1.54) is 31.2 Å². The van der Waals surface area contributed by atoms with E-state index in [0.29, 0.717) is 22.1 Å². The van der Waals surface area contributed by atoms with E-state index in [2.05, 4.69) is 25.2 Å². The Kier molecular flexibility index (Phi) is 5.56. The summed E-state index contributed by atoms with van der Waals surface area (Å²) in [5.74, 6) is 0.830. The normalized spacial score (nSPS) is 19.6. The van der Waals surface area contributed by atoms with Crippen LogP contribution < -0.4 is 5.32 Å². The summed E-state index contributed by atoms with van der Waals surface area (Å²) < 4.78 is 0. The lowest BCUT2D eigenvalue weighted by Crippen LogP contribution is -2.35. The molecule has 106 valence electrons. The summed E-state index contributed by atoms with van der Waals surface area (Å²) in [6.07, 6.45) is 6.58. The van der Waals surface area contributed by atoms with Gasteiger partial charge >= 0.3 is 0 Å². The van der Waals surface area contributed by atoms with Gasteiger partial charge in [-0.1, -0.05) is 49.0 Å². The molecule has 1 aliphatic rings. The van der Waals surface area contributed by atoms with Gasteiger partial charge in [-0.05, 0) is 49.8 Å². The van der Waals surface area contributed by atoms with Crippen molar-refractivity contribution in [1.82, 2.24) is 5.32 Å². The Hall–Kier alpha value is -0.240. The molecule has 0 spiro atoms. The standard InChI is InChI=1S/C16H23Cl2N/c1-3-16(13-8-9-14(17)15(18)10-13)19-11(2)12-6-4-5-7-12/h8-12,16,19H,3-7H2,1-2H3/t11-,16?/m0/s1. The number of nitrogens with one attached hydrogen (secondary N) is 1. The van der Waals surface area contributed by atoms with Gasteiger partial charge in [0.25, 0.3) is 0 Å². The Morgan fingerprint density at radius 3 is 2.47 bits per heavy atom. The number of hydrogen-bond donors (Lipinski definition) is 1. The van der Waals surface area contributed by atoms with Crippen molar-refractivity contribution >= 4 is 23.2 Å². The van der Waals surface area contributed by atoms with Crippen LogP contribution in [0.1, 0.15) is 57.6 Å². The van der Waals surface area contributed by atoms with E-state index in [1.807, 2.05) is 12.1 Å². The van der Waals surface area contributed by atoms with Crippen molar-refractivity contribution in [3.05, 3.63) is 33.8 Å². The molecule has 2 atom stereocenters. The minimum Gasteiger partial charge on any atom is -0.307 e. The van der Waals surface area contributed by atoms with Crippen molar-refractivity contribution in [2.24, 2.45) is 5.92 Å². The Bertz CT molecular complexity index is 413. The highest BCUT2D eigenvalue weighted by Gasteiger charge is 2.23. The molecule has 0 radical (unpaired) electrons. The summed E-state index contributed by atoms with van der Waals surface area (Å²) in [5, 5.41) is 5.04. The Morgan fingerprint density at radius 1 is 1.21 bits per heavy atom. The largest absolute Gasteiger partial charge is 0.307 e. The lowest BCUT2D eigenvalue weighted by molar-refractivity contribution is 0.339. The summed E-state index contributed by atoms with van der Waals surface area (Å²) in [6.45, 7) is 4.53. The highest BCUT2D eigenvalue weighted by Crippen LogP contribution is 2.31. The smallest absolute Gasteiger partial charge is 0.0595 e. The zero-order valence-corrected chi connectivity index (χ0v) is 13.3. The Morgan fingerprint density at radius 2 is 1.89 bits per heavy atom. The first-order valence-electron chi connectivity index (χ1n) is 7.32. The van der Waals surface area contributed by atoms with E-state index >= 15 is 0 Å². The van der Waals surface area contributed by atoms with Crippen LogP contribution in [0, 0.1) is 5.92 Å². The second-order valence-corrected chi connectivity index (χ2v) is 6.45. The maximum Gasteiger partial charge on any atom is 0.0595 e. The van der Waals surface area contributed by atoms with Crippen molar-refractivity contribution < 1.29 is 0 Å². The third-order valence-electron chi connectivity index (χ3n) is 4.33. The highest BCUT2D eigenvalue weighted by atomic mass is 35.5. The summed E-state index contributed by atoms with van der Waals surface area (Å²) in [5.41, 5.74) is 1.24. The predicted molar refractivity (Wildman–Crippen MR) is 84.0 cm³/mol. The van der Waals surface area contributed by atoms with Crippen LogP contribution in [0.2, 0.25) is 10.0 Å². The molecule has 1 aromatic carbocycles. The molecule has 1 fully saturated rings. The fraction of sp³-hybridized carbons (Fsp3) is 0.625. The maximum atomic E-state index is 6.12. The minimum atomic E-state index is 0.366. The second kappa shape index (κ2) is 6.97. The van der Waals surface area contributed by atoms with Crippen molar-refractivity contribution in [1.29, 1.82) is 0 Å². The van der Waals surface area contributed by atoms with Crippen molar-refractivity contribution in [2.45, 2.75) is 58.0 Å². The second-order valence-electron chi connectivity index (χ2n) is 5.63. The summed E-state index contributed by atoms with van der Waals surface area (Å²) in [4.78, 5) is 0. The monoisotopic (exact) mass is 299 g/mol.